The van der Waals surface area contributed by atoms with E-state index in [0.717, 1.165) is 66.9 Å². The standard InChI is InChI=1S/C52H36N4O4.Ni/c1-59-51(57)37-29-35-36(30-38(37)52(58)60-2)50-48(34-21-13-6-14-22-34)44-28-26-42(55-44)46(32-17-9-4-10-18-32)40-24-23-39(53-40)45(31-15-7-3-8-16-31)41-25-27-43(54-41)47(49(35)56-50)33-19-11-5-12-20-33;/h3-30H,1-2H3,(H2,53,54,55,56,57,58);/q;+2/p-2. The Kier molecular flexibility index (Phi) is 10.3. The van der Waals surface area contributed by atoms with E-state index in [1.807, 2.05) is 133 Å². The van der Waals surface area contributed by atoms with Gasteiger partial charge in [-0.15, -0.1) is 22.1 Å². The summed E-state index contributed by atoms with van der Waals surface area (Å²) in [5, 5.41) is 0. The second-order valence-corrected chi connectivity index (χ2v) is 14.3. The molecule has 0 spiro atoms. The van der Waals surface area contributed by atoms with Crippen molar-refractivity contribution in [1.82, 2.24) is 19.9 Å². The van der Waals surface area contributed by atoms with Crippen LogP contribution in [0.4, 0.5) is 0 Å². The third-order valence-corrected chi connectivity index (χ3v) is 10.9. The molecule has 0 aliphatic carbocycles. The van der Waals surface area contributed by atoms with Crippen molar-refractivity contribution in [1.29, 1.82) is 0 Å². The van der Waals surface area contributed by atoms with Crippen LogP contribution >= 0.6 is 0 Å². The summed E-state index contributed by atoms with van der Waals surface area (Å²) in [5.41, 5.74) is 13.7. The summed E-state index contributed by atoms with van der Waals surface area (Å²) in [7, 11) is 2.58. The number of hydrogen-bond donors (Lipinski definition) is 0. The second kappa shape index (κ2) is 16.2. The summed E-state index contributed by atoms with van der Waals surface area (Å²) in [6, 6.07) is 51.6. The minimum Gasteiger partial charge on any atom is -0.657 e. The van der Waals surface area contributed by atoms with Crippen LogP contribution in [0.1, 0.15) is 32.1 Å². The maximum atomic E-state index is 13.5. The molecular weight excluding hydrogens is 803 g/mol. The Morgan fingerprint density at radius 3 is 1.07 bits per heavy atom. The smallest absolute Gasteiger partial charge is 0.657 e. The van der Waals surface area contributed by atoms with Crippen LogP contribution in [0.3, 0.4) is 0 Å². The van der Waals surface area contributed by atoms with Gasteiger partial charge in [0.2, 0.25) is 0 Å². The zero-order chi connectivity index (χ0) is 40.7. The molecule has 0 N–H and O–H groups in total. The molecule has 8 aromatic rings. The summed E-state index contributed by atoms with van der Waals surface area (Å²) in [6.45, 7) is 0. The fourth-order valence-electron chi connectivity index (χ4n) is 8.17. The van der Waals surface area contributed by atoms with E-state index in [4.69, 9.17) is 29.4 Å². The minimum atomic E-state index is -0.679. The number of fused-ring (bicyclic) bond motifs is 11. The predicted molar refractivity (Wildman–Crippen MR) is 237 cm³/mol. The Balaban J connectivity index is 0.00000476. The molecule has 296 valence electrons. The summed E-state index contributed by atoms with van der Waals surface area (Å²) in [6.07, 6.45) is 4.09. The van der Waals surface area contributed by atoms with Gasteiger partial charge in [-0.3, -0.25) is 0 Å². The number of carbonyl (C=O) groups is 2. The zero-order valence-electron chi connectivity index (χ0n) is 32.9. The molecule has 0 saturated carbocycles. The number of hydrogen-bond acceptors (Lipinski definition) is 6. The Morgan fingerprint density at radius 2 is 0.738 bits per heavy atom. The number of nitrogens with zero attached hydrogens (tertiary/aromatic N) is 4. The first-order valence-electron chi connectivity index (χ1n) is 19.5. The van der Waals surface area contributed by atoms with Crippen LogP contribution in [0.25, 0.3) is 101 Å². The quantitative estimate of drug-likeness (QED) is 0.120. The fraction of sp³-hybridized carbons (Fsp3) is 0.0385. The van der Waals surface area contributed by atoms with E-state index in [1.54, 1.807) is 12.1 Å². The molecule has 0 fully saturated rings. The molecule has 0 saturated heterocycles. The van der Waals surface area contributed by atoms with E-state index in [2.05, 4.69) is 24.3 Å². The molecule has 2 aliphatic heterocycles. The van der Waals surface area contributed by atoms with Gasteiger partial charge in [-0.1, -0.05) is 146 Å². The Bertz CT molecular complexity index is 2980. The van der Waals surface area contributed by atoms with Crippen molar-refractivity contribution in [2.45, 2.75) is 0 Å². The van der Waals surface area contributed by atoms with Crippen molar-refractivity contribution in [2.75, 3.05) is 14.2 Å². The molecule has 10 rings (SSSR count). The normalized spacial score (nSPS) is 11.4. The van der Waals surface area contributed by atoms with Crippen LogP contribution < -0.4 is 9.97 Å². The van der Waals surface area contributed by atoms with Crippen LogP contribution in [0, 0.1) is 0 Å². The van der Waals surface area contributed by atoms with Gasteiger partial charge in [0, 0.05) is 11.1 Å². The Labute approximate surface area is 361 Å². The topological polar surface area (TPSA) is 107 Å². The number of benzene rings is 5. The van der Waals surface area contributed by atoms with Gasteiger partial charge in [0.05, 0.1) is 48.1 Å². The van der Waals surface area contributed by atoms with Crippen LogP contribution in [0.5, 0.6) is 0 Å². The van der Waals surface area contributed by atoms with Crippen LogP contribution in [0.15, 0.2) is 158 Å². The number of ether oxygens (including phenoxy) is 2. The van der Waals surface area contributed by atoms with Gasteiger partial charge >= 0.3 is 28.4 Å². The van der Waals surface area contributed by atoms with Crippen molar-refractivity contribution in [2.24, 2.45) is 0 Å². The van der Waals surface area contributed by atoms with Crippen molar-refractivity contribution < 1.29 is 35.6 Å². The van der Waals surface area contributed by atoms with Gasteiger partial charge in [-0.2, -0.15) is 0 Å². The van der Waals surface area contributed by atoms with Gasteiger partial charge < -0.3 is 19.4 Å². The molecule has 2 aliphatic rings. The van der Waals surface area contributed by atoms with Crippen molar-refractivity contribution in [3.8, 4) is 67.0 Å². The molecular formula is C52H34N4NiO4. The van der Waals surface area contributed by atoms with Gasteiger partial charge in [0.1, 0.15) is 0 Å². The van der Waals surface area contributed by atoms with Gasteiger partial charge in [0.25, 0.3) is 0 Å². The van der Waals surface area contributed by atoms with Crippen molar-refractivity contribution in [3.05, 3.63) is 180 Å². The SMILES string of the molecule is COC(=O)c1cc2c(cc1C(=O)OC)-c1nc-2c(-c2ccccc2)c2ccc([n-]2)c(-c2ccccc2)c2nc(c(-c3ccccc3)c3ccc([n-]3)c1-c1ccccc1)C=C2.[Ni+2]. The molecule has 9 heteroatoms. The molecule has 0 amide bonds. The first-order valence-corrected chi connectivity index (χ1v) is 19.5. The zero-order valence-corrected chi connectivity index (χ0v) is 33.9. The molecule has 0 radical (unpaired) electrons. The van der Waals surface area contributed by atoms with E-state index in [1.165, 1.54) is 14.2 Å². The summed E-state index contributed by atoms with van der Waals surface area (Å²) < 4.78 is 10.5. The van der Waals surface area contributed by atoms with Gasteiger partial charge in [0.15, 0.2) is 0 Å². The monoisotopic (exact) mass is 836 g/mol. The van der Waals surface area contributed by atoms with E-state index < -0.39 is 11.9 Å². The van der Waals surface area contributed by atoms with Crippen molar-refractivity contribution in [3.63, 3.8) is 0 Å². The maximum absolute atomic E-state index is 13.5. The third-order valence-electron chi connectivity index (χ3n) is 10.9. The van der Waals surface area contributed by atoms with E-state index in [-0.39, 0.29) is 27.6 Å². The number of esters is 2. The third kappa shape index (κ3) is 6.85. The molecule has 3 aromatic heterocycles. The number of rotatable bonds is 6. The number of carbonyl (C=O) groups excluding carboxylic acids is 2. The number of aromatic nitrogens is 4. The number of methoxy groups -OCH3 is 2. The van der Waals surface area contributed by atoms with Gasteiger partial charge in [-0.25, -0.2) is 19.6 Å². The fourth-order valence-corrected chi connectivity index (χ4v) is 8.17. The second-order valence-electron chi connectivity index (χ2n) is 14.3. The first kappa shape index (κ1) is 38.9. The first-order chi connectivity index (χ1) is 29.5. The van der Waals surface area contributed by atoms with Crippen LogP contribution in [0.2, 0.25) is 0 Å². The van der Waals surface area contributed by atoms with Crippen LogP contribution in [-0.2, 0) is 26.0 Å². The molecule has 0 atom stereocenters. The summed E-state index contributed by atoms with van der Waals surface area (Å²) in [4.78, 5) is 48.6. The molecule has 61 heavy (non-hydrogen) atoms. The average Bonchev–Trinajstić information content (AvgIpc) is 4.14. The molecule has 0 unspecified atom stereocenters. The van der Waals surface area contributed by atoms with Crippen LogP contribution in [-0.4, -0.2) is 36.1 Å². The molecule has 8 nitrogen and oxygen atoms in total. The Hall–Kier alpha value is -7.61. The van der Waals surface area contributed by atoms with E-state index in [9.17, 15) is 9.59 Å². The summed E-state index contributed by atoms with van der Waals surface area (Å²) >= 11 is 0. The minimum absolute atomic E-state index is 0. The average molecular weight is 838 g/mol. The van der Waals surface area contributed by atoms with E-state index in [0.29, 0.717) is 33.5 Å². The molecule has 5 heterocycles. The Morgan fingerprint density at radius 1 is 0.426 bits per heavy atom. The summed E-state index contributed by atoms with van der Waals surface area (Å²) in [5.74, 6) is -1.36. The van der Waals surface area contributed by atoms with E-state index >= 15 is 0 Å². The van der Waals surface area contributed by atoms with Crippen molar-refractivity contribution >= 4 is 46.2 Å². The maximum Gasteiger partial charge on any atom is 2.00 e. The molecule has 5 aromatic carbocycles. The predicted octanol–water partition coefficient (Wildman–Crippen LogP) is 11.3. The van der Waals surface area contributed by atoms with Gasteiger partial charge in [-0.05, 0) is 68.8 Å². The largest absolute Gasteiger partial charge is 2.00 e. The molecule has 8 bridgehead atoms.